The SMILES string of the molecule is CCCc1cc(-c2ccc(F)c(C)c2)nn1CC(=O)N1CC=C(c2cc(OC)ncn2)CC1. The molecule has 1 aliphatic rings. The second kappa shape index (κ2) is 9.94. The number of ether oxygens (including phenoxy) is 1. The van der Waals surface area contributed by atoms with Crippen LogP contribution in [-0.2, 0) is 17.8 Å². The van der Waals surface area contributed by atoms with Crippen LogP contribution in [0.15, 0.2) is 42.7 Å². The molecule has 33 heavy (non-hydrogen) atoms. The van der Waals surface area contributed by atoms with Gasteiger partial charge in [0.15, 0.2) is 0 Å². The Kier molecular flexibility index (Phi) is 6.82. The van der Waals surface area contributed by atoms with Crippen LogP contribution in [-0.4, -0.2) is 50.8 Å². The van der Waals surface area contributed by atoms with Gasteiger partial charge in [-0.15, -0.1) is 0 Å². The standard InChI is InChI=1S/C25H28FN5O2/c1-4-5-20-13-23(19-6-7-21(26)17(2)12-19)29-31(20)15-25(32)30-10-8-18(9-11-30)22-14-24(33-3)28-16-27-22/h6-8,12-14,16H,4-5,9-11,15H2,1-3H3. The van der Waals surface area contributed by atoms with Crippen molar-refractivity contribution in [1.82, 2.24) is 24.6 Å². The average Bonchev–Trinajstić information content (AvgIpc) is 3.23. The molecule has 0 N–H and O–H groups in total. The first-order valence-corrected chi connectivity index (χ1v) is 11.1. The third-order valence-corrected chi connectivity index (χ3v) is 5.85. The van der Waals surface area contributed by atoms with Crippen LogP contribution in [0.4, 0.5) is 4.39 Å². The monoisotopic (exact) mass is 449 g/mol. The lowest BCUT2D eigenvalue weighted by molar-refractivity contribution is -0.131. The number of hydrogen-bond acceptors (Lipinski definition) is 5. The molecule has 0 bridgehead atoms. The number of methoxy groups -OCH3 is 1. The Balaban J connectivity index is 1.48. The van der Waals surface area contributed by atoms with E-state index in [1.165, 1.54) is 12.4 Å². The zero-order valence-electron chi connectivity index (χ0n) is 19.2. The Morgan fingerprint density at radius 1 is 1.18 bits per heavy atom. The Morgan fingerprint density at radius 3 is 2.73 bits per heavy atom. The summed E-state index contributed by atoms with van der Waals surface area (Å²) in [5.74, 6) is 0.307. The van der Waals surface area contributed by atoms with E-state index in [9.17, 15) is 9.18 Å². The number of nitrogens with zero attached hydrogens (tertiary/aromatic N) is 5. The average molecular weight is 450 g/mol. The maximum atomic E-state index is 13.7. The number of carbonyl (C=O) groups excluding carboxylic acids is 1. The molecule has 0 saturated heterocycles. The van der Waals surface area contributed by atoms with Gasteiger partial charge in [-0.25, -0.2) is 14.4 Å². The van der Waals surface area contributed by atoms with Crippen LogP contribution in [0, 0.1) is 12.7 Å². The fourth-order valence-corrected chi connectivity index (χ4v) is 3.98. The number of carbonyl (C=O) groups is 1. The second-order valence-electron chi connectivity index (χ2n) is 8.16. The topological polar surface area (TPSA) is 73.1 Å². The van der Waals surface area contributed by atoms with Crippen LogP contribution < -0.4 is 4.74 Å². The van der Waals surface area contributed by atoms with Crippen LogP contribution in [0.1, 0.15) is 36.7 Å². The molecule has 0 fully saturated rings. The van der Waals surface area contributed by atoms with Crippen LogP contribution in [0.3, 0.4) is 0 Å². The summed E-state index contributed by atoms with van der Waals surface area (Å²) < 4.78 is 20.6. The summed E-state index contributed by atoms with van der Waals surface area (Å²) in [7, 11) is 1.58. The normalized spacial score (nSPS) is 13.7. The molecule has 0 atom stereocenters. The first kappa shape index (κ1) is 22.6. The van der Waals surface area contributed by atoms with Gasteiger partial charge in [-0.05, 0) is 55.2 Å². The zero-order chi connectivity index (χ0) is 23.4. The van der Waals surface area contributed by atoms with Crippen LogP contribution >= 0.6 is 0 Å². The minimum absolute atomic E-state index is 0.0212. The van der Waals surface area contributed by atoms with Gasteiger partial charge in [0.1, 0.15) is 18.7 Å². The quantitative estimate of drug-likeness (QED) is 0.544. The molecule has 3 aromatic rings. The van der Waals surface area contributed by atoms with Crippen molar-refractivity contribution in [3.8, 4) is 17.1 Å². The van der Waals surface area contributed by atoms with E-state index >= 15 is 0 Å². The van der Waals surface area contributed by atoms with Gasteiger partial charge in [0.25, 0.3) is 0 Å². The van der Waals surface area contributed by atoms with Gasteiger partial charge >= 0.3 is 0 Å². The van der Waals surface area contributed by atoms with Gasteiger partial charge in [-0.1, -0.05) is 19.4 Å². The molecule has 172 valence electrons. The molecule has 3 heterocycles. The fourth-order valence-electron chi connectivity index (χ4n) is 3.98. The van der Waals surface area contributed by atoms with E-state index in [1.54, 1.807) is 30.8 Å². The molecule has 0 saturated carbocycles. The van der Waals surface area contributed by atoms with Crippen molar-refractivity contribution in [1.29, 1.82) is 0 Å². The summed E-state index contributed by atoms with van der Waals surface area (Å²) in [6, 6.07) is 8.78. The lowest BCUT2D eigenvalue weighted by Crippen LogP contribution is -2.37. The molecule has 4 rings (SSSR count). The number of amides is 1. The highest BCUT2D eigenvalue weighted by Crippen LogP contribution is 2.24. The largest absolute Gasteiger partial charge is 0.481 e. The highest BCUT2D eigenvalue weighted by atomic mass is 19.1. The van der Waals surface area contributed by atoms with Crippen LogP contribution in [0.2, 0.25) is 0 Å². The van der Waals surface area contributed by atoms with E-state index in [4.69, 9.17) is 4.74 Å². The molecule has 1 amide bonds. The molecule has 1 aromatic carbocycles. The fraction of sp³-hybridized carbons (Fsp3) is 0.360. The Morgan fingerprint density at radius 2 is 2.03 bits per heavy atom. The first-order chi connectivity index (χ1) is 16.0. The van der Waals surface area contributed by atoms with Crippen LogP contribution in [0.25, 0.3) is 16.8 Å². The van der Waals surface area contributed by atoms with E-state index in [0.717, 1.165) is 41.1 Å². The Labute approximate surface area is 192 Å². The maximum absolute atomic E-state index is 13.7. The van der Waals surface area contributed by atoms with E-state index in [1.807, 2.05) is 23.1 Å². The van der Waals surface area contributed by atoms with Gasteiger partial charge in [0, 0.05) is 30.4 Å². The van der Waals surface area contributed by atoms with E-state index < -0.39 is 0 Å². The molecule has 2 aromatic heterocycles. The number of halogens is 1. The molecule has 0 radical (unpaired) electrons. The third-order valence-electron chi connectivity index (χ3n) is 5.85. The minimum atomic E-state index is -0.236. The van der Waals surface area contributed by atoms with E-state index in [2.05, 4.69) is 22.0 Å². The van der Waals surface area contributed by atoms with Crippen LogP contribution in [0.5, 0.6) is 5.88 Å². The van der Waals surface area contributed by atoms with E-state index in [0.29, 0.717) is 31.0 Å². The molecule has 0 spiro atoms. The van der Waals surface area contributed by atoms with Gasteiger partial charge < -0.3 is 9.64 Å². The molecule has 7 nitrogen and oxygen atoms in total. The summed E-state index contributed by atoms with van der Waals surface area (Å²) in [6.45, 7) is 5.15. The maximum Gasteiger partial charge on any atom is 0.244 e. The van der Waals surface area contributed by atoms with Crippen molar-refractivity contribution >= 4 is 11.5 Å². The molecule has 1 aliphatic heterocycles. The number of hydrogen-bond donors (Lipinski definition) is 0. The van der Waals surface area contributed by atoms with Gasteiger partial charge in [-0.2, -0.15) is 5.10 Å². The zero-order valence-corrected chi connectivity index (χ0v) is 19.2. The third kappa shape index (κ3) is 5.10. The smallest absolute Gasteiger partial charge is 0.244 e. The number of benzene rings is 1. The Bertz CT molecular complexity index is 1190. The number of rotatable bonds is 7. The van der Waals surface area contributed by atoms with Crippen molar-refractivity contribution in [3.05, 3.63) is 65.5 Å². The molecule has 0 unspecified atom stereocenters. The lowest BCUT2D eigenvalue weighted by atomic mass is 10.0. The molecule has 8 heteroatoms. The predicted molar refractivity (Wildman–Crippen MR) is 124 cm³/mol. The molecule has 0 aliphatic carbocycles. The first-order valence-electron chi connectivity index (χ1n) is 11.1. The van der Waals surface area contributed by atoms with Crippen molar-refractivity contribution in [2.24, 2.45) is 0 Å². The number of aromatic nitrogens is 4. The summed E-state index contributed by atoms with van der Waals surface area (Å²) in [6.07, 6.45) is 6.00. The second-order valence-corrected chi connectivity index (χ2v) is 8.16. The highest BCUT2D eigenvalue weighted by molar-refractivity contribution is 5.78. The highest BCUT2D eigenvalue weighted by Gasteiger charge is 2.21. The Hall–Kier alpha value is -3.55. The summed E-state index contributed by atoms with van der Waals surface area (Å²) in [5, 5.41) is 4.69. The van der Waals surface area contributed by atoms with E-state index in [-0.39, 0.29) is 18.3 Å². The van der Waals surface area contributed by atoms with Gasteiger partial charge in [-0.3, -0.25) is 9.48 Å². The molecular weight excluding hydrogens is 421 g/mol. The van der Waals surface area contributed by atoms with Gasteiger partial charge in [0.2, 0.25) is 11.8 Å². The summed E-state index contributed by atoms with van der Waals surface area (Å²) >= 11 is 0. The summed E-state index contributed by atoms with van der Waals surface area (Å²) in [4.78, 5) is 23.3. The molecular formula is C25H28FN5O2. The number of aryl methyl sites for hydroxylation is 2. The van der Waals surface area contributed by atoms with Crippen molar-refractivity contribution in [2.75, 3.05) is 20.2 Å². The lowest BCUT2D eigenvalue weighted by Gasteiger charge is -2.26. The van der Waals surface area contributed by atoms with Crippen molar-refractivity contribution < 1.29 is 13.9 Å². The van der Waals surface area contributed by atoms with Gasteiger partial charge in [0.05, 0.1) is 18.5 Å². The minimum Gasteiger partial charge on any atom is -0.481 e. The predicted octanol–water partition coefficient (Wildman–Crippen LogP) is 4.06. The van der Waals surface area contributed by atoms with Crippen molar-refractivity contribution in [2.45, 2.75) is 39.7 Å². The van der Waals surface area contributed by atoms with Crippen molar-refractivity contribution in [3.63, 3.8) is 0 Å². The summed E-state index contributed by atoms with van der Waals surface area (Å²) in [5.41, 5.74) is 5.10.